The van der Waals surface area contributed by atoms with Gasteiger partial charge in [0.15, 0.2) is 0 Å². The van der Waals surface area contributed by atoms with Crippen LogP contribution in [-0.4, -0.2) is 15.8 Å². The van der Waals surface area contributed by atoms with Crippen LogP contribution in [0, 0.1) is 6.92 Å². The van der Waals surface area contributed by atoms with Crippen molar-refractivity contribution in [3.8, 4) is 0 Å². The zero-order valence-electron chi connectivity index (χ0n) is 8.59. The maximum atomic E-state index is 4.42. The van der Waals surface area contributed by atoms with E-state index in [1.54, 1.807) is 0 Å². The van der Waals surface area contributed by atoms with Crippen molar-refractivity contribution in [3.63, 3.8) is 0 Å². The number of rotatable bonds is 1. The van der Waals surface area contributed by atoms with E-state index in [9.17, 15) is 0 Å². The van der Waals surface area contributed by atoms with Crippen molar-refractivity contribution in [1.29, 1.82) is 0 Å². The molecule has 0 bridgehead atoms. The van der Waals surface area contributed by atoms with Crippen molar-refractivity contribution in [2.45, 2.75) is 39.2 Å². The number of nitrogens with zero attached hydrogens (tertiary/aromatic N) is 2. The van der Waals surface area contributed by atoms with Crippen LogP contribution in [0.25, 0.3) is 0 Å². The van der Waals surface area contributed by atoms with E-state index in [-0.39, 0.29) is 0 Å². The summed E-state index contributed by atoms with van der Waals surface area (Å²) in [5, 5.41) is 7.95. The Labute approximate surface area is 79.1 Å². The highest BCUT2D eigenvalue weighted by atomic mass is 15.3. The van der Waals surface area contributed by atoms with Crippen molar-refractivity contribution in [3.05, 3.63) is 11.3 Å². The normalized spacial score (nSPS) is 21.0. The van der Waals surface area contributed by atoms with E-state index in [2.05, 4.69) is 24.3 Å². The van der Waals surface area contributed by atoms with Crippen LogP contribution in [0.4, 0.5) is 5.82 Å². The monoisotopic (exact) mass is 179 g/mol. The molecule has 13 heavy (non-hydrogen) atoms. The smallest absolute Gasteiger partial charge is 0.127 e. The average Bonchev–Trinajstić information content (AvgIpc) is 2.42. The maximum Gasteiger partial charge on any atom is 0.127 e. The van der Waals surface area contributed by atoms with Crippen LogP contribution in [0.15, 0.2) is 0 Å². The van der Waals surface area contributed by atoms with Crippen LogP contribution in [0.5, 0.6) is 0 Å². The van der Waals surface area contributed by atoms with Gasteiger partial charge in [-0.3, -0.25) is 4.68 Å². The molecule has 3 heteroatoms. The number of anilines is 1. The fourth-order valence-electron chi connectivity index (χ4n) is 2.07. The van der Waals surface area contributed by atoms with E-state index in [0.29, 0.717) is 6.04 Å². The molecule has 1 aliphatic rings. The standard InChI is InChI=1S/C10H17N3/c1-4-8-5-6-9-7(2)12-13(3)10(9)11-8/h8,11H,4-6H2,1-3H3. The van der Waals surface area contributed by atoms with Gasteiger partial charge in [0, 0.05) is 18.7 Å². The van der Waals surface area contributed by atoms with Crippen LogP contribution < -0.4 is 5.32 Å². The Kier molecular flexibility index (Phi) is 2.02. The lowest BCUT2D eigenvalue weighted by Crippen LogP contribution is -2.25. The summed E-state index contributed by atoms with van der Waals surface area (Å²) in [7, 11) is 2.01. The summed E-state index contributed by atoms with van der Waals surface area (Å²) < 4.78 is 1.96. The molecule has 0 saturated heterocycles. The lowest BCUT2D eigenvalue weighted by atomic mass is 9.99. The molecule has 1 atom stereocenters. The first-order valence-corrected chi connectivity index (χ1v) is 5.01. The maximum absolute atomic E-state index is 4.42. The van der Waals surface area contributed by atoms with Gasteiger partial charge in [0.1, 0.15) is 5.82 Å². The molecular formula is C10H17N3. The molecular weight excluding hydrogens is 162 g/mol. The van der Waals surface area contributed by atoms with E-state index in [1.165, 1.54) is 36.3 Å². The third kappa shape index (κ3) is 1.32. The summed E-state index contributed by atoms with van der Waals surface area (Å²) in [6.07, 6.45) is 3.63. The number of nitrogens with one attached hydrogen (secondary N) is 1. The van der Waals surface area contributed by atoms with Crippen LogP contribution in [0.2, 0.25) is 0 Å². The summed E-state index contributed by atoms with van der Waals surface area (Å²) in [4.78, 5) is 0. The Morgan fingerprint density at radius 1 is 1.62 bits per heavy atom. The van der Waals surface area contributed by atoms with Gasteiger partial charge in [0.05, 0.1) is 5.69 Å². The fourth-order valence-corrected chi connectivity index (χ4v) is 2.07. The van der Waals surface area contributed by atoms with Crippen molar-refractivity contribution >= 4 is 5.82 Å². The molecule has 0 aliphatic carbocycles. The van der Waals surface area contributed by atoms with Gasteiger partial charge < -0.3 is 5.32 Å². The summed E-state index contributed by atoms with van der Waals surface area (Å²) in [5.41, 5.74) is 2.59. The van der Waals surface area contributed by atoms with E-state index >= 15 is 0 Å². The summed E-state index contributed by atoms with van der Waals surface area (Å²) in [6, 6.07) is 0.641. The molecule has 0 amide bonds. The SMILES string of the molecule is CCC1CCc2c(C)nn(C)c2N1. The first-order valence-electron chi connectivity index (χ1n) is 5.01. The summed E-state index contributed by atoms with van der Waals surface area (Å²) >= 11 is 0. The minimum absolute atomic E-state index is 0.641. The minimum atomic E-state index is 0.641. The van der Waals surface area contributed by atoms with Crippen molar-refractivity contribution in [2.75, 3.05) is 5.32 Å². The first-order chi connectivity index (χ1) is 6.22. The lowest BCUT2D eigenvalue weighted by molar-refractivity contribution is 0.602. The molecule has 0 saturated carbocycles. The highest BCUT2D eigenvalue weighted by Crippen LogP contribution is 2.27. The predicted molar refractivity (Wildman–Crippen MR) is 54.0 cm³/mol. The largest absolute Gasteiger partial charge is 0.367 e. The van der Waals surface area contributed by atoms with Gasteiger partial charge in [-0.1, -0.05) is 6.92 Å². The van der Waals surface area contributed by atoms with Gasteiger partial charge in [0.2, 0.25) is 0 Å². The predicted octanol–water partition coefficient (Wildman–Crippen LogP) is 1.87. The third-order valence-electron chi connectivity index (χ3n) is 2.92. The van der Waals surface area contributed by atoms with Gasteiger partial charge >= 0.3 is 0 Å². The van der Waals surface area contributed by atoms with E-state index < -0.39 is 0 Å². The highest BCUT2D eigenvalue weighted by molar-refractivity contribution is 5.50. The first kappa shape index (κ1) is 8.60. The zero-order chi connectivity index (χ0) is 9.42. The topological polar surface area (TPSA) is 29.9 Å². The van der Waals surface area contributed by atoms with E-state index in [4.69, 9.17) is 0 Å². The van der Waals surface area contributed by atoms with Gasteiger partial charge in [-0.15, -0.1) is 0 Å². The molecule has 1 N–H and O–H groups in total. The van der Waals surface area contributed by atoms with Crippen LogP contribution >= 0.6 is 0 Å². The molecule has 0 aromatic carbocycles. The molecule has 1 aromatic rings. The van der Waals surface area contributed by atoms with Crippen molar-refractivity contribution in [2.24, 2.45) is 7.05 Å². The molecule has 2 rings (SSSR count). The van der Waals surface area contributed by atoms with Crippen LogP contribution in [0.1, 0.15) is 31.0 Å². The molecule has 0 radical (unpaired) electrons. The van der Waals surface area contributed by atoms with Gasteiger partial charge in [-0.25, -0.2) is 0 Å². The second-order valence-electron chi connectivity index (χ2n) is 3.82. The number of aryl methyl sites for hydroxylation is 2. The molecule has 3 nitrogen and oxygen atoms in total. The zero-order valence-corrected chi connectivity index (χ0v) is 8.59. The number of hydrogen-bond acceptors (Lipinski definition) is 2. The molecule has 0 fully saturated rings. The molecule has 2 heterocycles. The summed E-state index contributed by atoms with van der Waals surface area (Å²) in [6.45, 7) is 4.32. The number of hydrogen-bond donors (Lipinski definition) is 1. The van der Waals surface area contributed by atoms with Crippen molar-refractivity contribution < 1.29 is 0 Å². The number of fused-ring (bicyclic) bond motifs is 1. The Balaban J connectivity index is 2.33. The lowest BCUT2D eigenvalue weighted by Gasteiger charge is -2.24. The molecule has 0 spiro atoms. The third-order valence-corrected chi connectivity index (χ3v) is 2.92. The highest BCUT2D eigenvalue weighted by Gasteiger charge is 2.21. The second-order valence-corrected chi connectivity index (χ2v) is 3.82. The average molecular weight is 179 g/mol. The van der Waals surface area contributed by atoms with Gasteiger partial charge in [-0.05, 0) is 26.2 Å². The minimum Gasteiger partial charge on any atom is -0.367 e. The molecule has 1 aromatic heterocycles. The Bertz CT molecular complexity index is 314. The molecule has 72 valence electrons. The van der Waals surface area contributed by atoms with Gasteiger partial charge in [0.25, 0.3) is 0 Å². The van der Waals surface area contributed by atoms with Crippen molar-refractivity contribution in [1.82, 2.24) is 9.78 Å². The van der Waals surface area contributed by atoms with Gasteiger partial charge in [-0.2, -0.15) is 5.10 Å². The number of aromatic nitrogens is 2. The van der Waals surface area contributed by atoms with E-state index in [0.717, 1.165) is 0 Å². The molecule has 1 unspecified atom stereocenters. The summed E-state index contributed by atoms with van der Waals surface area (Å²) in [5.74, 6) is 1.23. The Morgan fingerprint density at radius 3 is 3.08 bits per heavy atom. The van der Waals surface area contributed by atoms with Crippen LogP contribution in [0.3, 0.4) is 0 Å². The van der Waals surface area contributed by atoms with Crippen LogP contribution in [-0.2, 0) is 13.5 Å². The van der Waals surface area contributed by atoms with E-state index in [1.807, 2.05) is 11.7 Å². The fraction of sp³-hybridized carbons (Fsp3) is 0.700. The second kappa shape index (κ2) is 3.05. The molecule has 1 aliphatic heterocycles. The Hall–Kier alpha value is -0.990. The quantitative estimate of drug-likeness (QED) is 0.713. The Morgan fingerprint density at radius 2 is 2.38 bits per heavy atom.